The molecule has 0 aliphatic heterocycles. The monoisotopic (exact) mass is 287 g/mol. The van der Waals surface area contributed by atoms with Crippen molar-refractivity contribution in [2.75, 3.05) is 5.75 Å². The normalized spacial score (nSPS) is 12.1. The smallest absolute Gasteiger partial charge is 0.230 e. The predicted octanol–water partition coefficient (Wildman–Crippen LogP) is 2.40. The van der Waals surface area contributed by atoms with Gasteiger partial charge in [-0.1, -0.05) is 54.1 Å². The number of hydrogen-bond acceptors (Lipinski definition) is 2. The summed E-state index contributed by atoms with van der Waals surface area (Å²) < 4.78 is 11.7. The van der Waals surface area contributed by atoms with Crippen LogP contribution >= 0.6 is 0 Å². The molecular weight excluding hydrogens is 270 g/mol. The molecule has 20 heavy (non-hydrogen) atoms. The largest absolute Gasteiger partial charge is 0.369 e. The molecule has 0 heterocycles. The van der Waals surface area contributed by atoms with Crippen LogP contribution in [0.1, 0.15) is 11.1 Å². The Labute approximate surface area is 121 Å². The van der Waals surface area contributed by atoms with E-state index in [2.05, 4.69) is 24.3 Å². The summed E-state index contributed by atoms with van der Waals surface area (Å²) in [5, 5.41) is 0. The molecule has 0 saturated heterocycles. The lowest BCUT2D eigenvalue weighted by molar-refractivity contribution is -0.115. The Morgan fingerprint density at radius 1 is 1.10 bits per heavy atom. The standard InChI is InChI=1S/C16H17NO2S/c1-12-5-7-14(8-6-12)15-4-2-3-13(9-15)10-20(19)11-16(17)18/h2-9H,10-11H2,1H3,(H2,17,18)/t20-/m1/s1. The third kappa shape index (κ3) is 4.03. The Morgan fingerprint density at radius 2 is 1.80 bits per heavy atom. The van der Waals surface area contributed by atoms with E-state index < -0.39 is 16.7 Å². The van der Waals surface area contributed by atoms with Crippen molar-refractivity contribution in [3.63, 3.8) is 0 Å². The third-order valence-corrected chi connectivity index (χ3v) is 4.20. The lowest BCUT2D eigenvalue weighted by Crippen LogP contribution is -2.20. The number of hydrogen-bond donors (Lipinski definition) is 1. The predicted molar refractivity (Wildman–Crippen MR) is 82.5 cm³/mol. The van der Waals surface area contributed by atoms with Crippen molar-refractivity contribution >= 4 is 16.7 Å². The van der Waals surface area contributed by atoms with Crippen LogP contribution < -0.4 is 5.73 Å². The zero-order valence-electron chi connectivity index (χ0n) is 11.3. The van der Waals surface area contributed by atoms with E-state index in [1.54, 1.807) is 0 Å². The fourth-order valence-electron chi connectivity index (χ4n) is 1.98. The van der Waals surface area contributed by atoms with Gasteiger partial charge in [0.15, 0.2) is 0 Å². The molecule has 0 spiro atoms. The van der Waals surface area contributed by atoms with Gasteiger partial charge in [-0.15, -0.1) is 0 Å². The average Bonchev–Trinajstić information content (AvgIpc) is 2.38. The topological polar surface area (TPSA) is 60.2 Å². The minimum atomic E-state index is -1.24. The Balaban J connectivity index is 2.17. The summed E-state index contributed by atoms with van der Waals surface area (Å²) in [6.07, 6.45) is 0. The van der Waals surface area contributed by atoms with Crippen LogP contribution in [0, 0.1) is 6.92 Å². The van der Waals surface area contributed by atoms with Crippen molar-refractivity contribution in [2.45, 2.75) is 12.7 Å². The summed E-state index contributed by atoms with van der Waals surface area (Å²) in [6, 6.07) is 16.1. The lowest BCUT2D eigenvalue weighted by Gasteiger charge is -2.06. The van der Waals surface area contributed by atoms with Crippen LogP contribution in [-0.2, 0) is 21.3 Å². The van der Waals surface area contributed by atoms with Gasteiger partial charge in [-0.25, -0.2) is 0 Å². The first-order chi connectivity index (χ1) is 9.54. The molecule has 104 valence electrons. The number of benzene rings is 2. The molecule has 0 fully saturated rings. The zero-order valence-corrected chi connectivity index (χ0v) is 12.2. The lowest BCUT2D eigenvalue weighted by atomic mass is 10.0. The van der Waals surface area contributed by atoms with Crippen LogP contribution in [-0.4, -0.2) is 15.9 Å². The van der Waals surface area contributed by atoms with Crippen LogP contribution in [0.3, 0.4) is 0 Å². The van der Waals surface area contributed by atoms with E-state index in [0.29, 0.717) is 5.75 Å². The van der Waals surface area contributed by atoms with Crippen LogP contribution in [0.4, 0.5) is 0 Å². The molecule has 1 amide bonds. The van der Waals surface area contributed by atoms with E-state index in [0.717, 1.165) is 16.7 Å². The molecule has 0 radical (unpaired) electrons. The highest BCUT2D eigenvalue weighted by Crippen LogP contribution is 2.21. The van der Waals surface area contributed by atoms with Crippen molar-refractivity contribution in [2.24, 2.45) is 5.73 Å². The third-order valence-electron chi connectivity index (χ3n) is 2.94. The van der Waals surface area contributed by atoms with Gasteiger partial charge in [0.05, 0.1) is 0 Å². The van der Waals surface area contributed by atoms with Crippen molar-refractivity contribution < 1.29 is 9.00 Å². The molecule has 2 rings (SSSR count). The molecule has 0 bridgehead atoms. The molecule has 2 aromatic carbocycles. The number of carbonyl (C=O) groups excluding carboxylic acids is 1. The number of carbonyl (C=O) groups is 1. The number of amides is 1. The van der Waals surface area contributed by atoms with E-state index in [-0.39, 0.29) is 5.75 Å². The molecule has 0 unspecified atom stereocenters. The van der Waals surface area contributed by atoms with E-state index in [1.807, 2.05) is 31.2 Å². The highest BCUT2D eigenvalue weighted by Gasteiger charge is 2.06. The van der Waals surface area contributed by atoms with Crippen molar-refractivity contribution in [3.8, 4) is 11.1 Å². The SMILES string of the molecule is Cc1ccc(-c2cccc(C[S@@](=O)CC(N)=O)c2)cc1. The molecule has 2 aromatic rings. The Hall–Kier alpha value is -1.94. The van der Waals surface area contributed by atoms with Gasteiger partial charge in [-0.2, -0.15) is 0 Å². The van der Waals surface area contributed by atoms with E-state index in [9.17, 15) is 9.00 Å². The highest BCUT2D eigenvalue weighted by molar-refractivity contribution is 7.84. The molecule has 4 heteroatoms. The van der Waals surface area contributed by atoms with Gasteiger partial charge in [-0.05, 0) is 23.6 Å². The summed E-state index contributed by atoms with van der Waals surface area (Å²) in [5.74, 6) is -0.268. The number of nitrogens with two attached hydrogens (primary N) is 1. The summed E-state index contributed by atoms with van der Waals surface area (Å²) in [6.45, 7) is 2.05. The second-order valence-corrected chi connectivity index (χ2v) is 6.22. The minimum Gasteiger partial charge on any atom is -0.369 e. The summed E-state index contributed by atoms with van der Waals surface area (Å²) in [5.41, 5.74) is 9.42. The second-order valence-electron chi connectivity index (χ2n) is 4.76. The quantitative estimate of drug-likeness (QED) is 0.918. The van der Waals surface area contributed by atoms with Crippen molar-refractivity contribution in [3.05, 3.63) is 59.7 Å². The average molecular weight is 287 g/mol. The fraction of sp³-hybridized carbons (Fsp3) is 0.188. The Bertz CT molecular complexity index is 635. The number of aryl methyl sites for hydroxylation is 1. The van der Waals surface area contributed by atoms with Crippen molar-refractivity contribution in [1.82, 2.24) is 0 Å². The maximum atomic E-state index is 11.7. The van der Waals surface area contributed by atoms with Gasteiger partial charge < -0.3 is 5.73 Å². The van der Waals surface area contributed by atoms with Crippen LogP contribution in [0.15, 0.2) is 48.5 Å². The van der Waals surface area contributed by atoms with E-state index in [4.69, 9.17) is 5.73 Å². The first-order valence-corrected chi connectivity index (χ1v) is 7.82. The summed E-state index contributed by atoms with van der Waals surface area (Å²) in [7, 11) is -1.24. The highest BCUT2D eigenvalue weighted by atomic mass is 32.2. The maximum Gasteiger partial charge on any atom is 0.230 e. The van der Waals surface area contributed by atoms with Crippen molar-refractivity contribution in [1.29, 1.82) is 0 Å². The summed E-state index contributed by atoms with van der Waals surface area (Å²) >= 11 is 0. The van der Waals surface area contributed by atoms with Crippen LogP contribution in [0.5, 0.6) is 0 Å². The Kier molecular flexibility index (Phi) is 4.69. The zero-order chi connectivity index (χ0) is 14.5. The molecule has 1 atom stereocenters. The Morgan fingerprint density at radius 3 is 2.45 bits per heavy atom. The fourth-order valence-corrected chi connectivity index (χ4v) is 2.95. The van der Waals surface area contributed by atoms with Gasteiger partial charge in [0.2, 0.25) is 5.91 Å². The molecule has 0 saturated carbocycles. The molecule has 0 aromatic heterocycles. The van der Waals surface area contributed by atoms with Gasteiger partial charge >= 0.3 is 0 Å². The first-order valence-electron chi connectivity index (χ1n) is 6.34. The minimum absolute atomic E-state index is 0.0885. The number of rotatable bonds is 5. The van der Waals surface area contributed by atoms with E-state index in [1.165, 1.54) is 5.56 Å². The number of primary amides is 1. The molecule has 3 nitrogen and oxygen atoms in total. The molecule has 2 N–H and O–H groups in total. The van der Waals surface area contributed by atoms with Crippen LogP contribution in [0.2, 0.25) is 0 Å². The van der Waals surface area contributed by atoms with Crippen LogP contribution in [0.25, 0.3) is 11.1 Å². The molecule has 0 aliphatic carbocycles. The maximum absolute atomic E-state index is 11.7. The van der Waals surface area contributed by atoms with Gasteiger partial charge in [-0.3, -0.25) is 9.00 Å². The van der Waals surface area contributed by atoms with E-state index >= 15 is 0 Å². The summed E-state index contributed by atoms with van der Waals surface area (Å²) in [4.78, 5) is 10.7. The second kappa shape index (κ2) is 6.48. The molecular formula is C16H17NO2S. The first kappa shape index (κ1) is 14.5. The van der Waals surface area contributed by atoms with Gasteiger partial charge in [0, 0.05) is 16.6 Å². The molecule has 0 aliphatic rings. The van der Waals surface area contributed by atoms with Gasteiger partial charge in [0.1, 0.15) is 5.75 Å². The van der Waals surface area contributed by atoms with Gasteiger partial charge in [0.25, 0.3) is 0 Å².